The number of aryl methyl sites for hydroxylation is 2. The van der Waals surface area contributed by atoms with E-state index in [1.807, 2.05) is 55.6 Å². The van der Waals surface area contributed by atoms with Crippen LogP contribution in [0, 0.1) is 6.92 Å². The standard InChI is InChI=1S/C29H28ClN5O3/c1-17-22-12-13-35(28(22)33-16-32-17)29-27(37)26(36)24(38-29)10-5-18-2-6-20-7-11-25(34-23(20)14-18)31-15-19-3-8-21(30)9-4-19/h2-4,6-9,11-14,16,24,26-27,29,36-37H,5,10,15H2,1H3,(H,31,34)/t24-,26-,27-,29-/m1/s1. The molecule has 1 fully saturated rings. The minimum Gasteiger partial charge on any atom is -0.388 e. The zero-order chi connectivity index (χ0) is 26.2. The summed E-state index contributed by atoms with van der Waals surface area (Å²) in [6, 6.07) is 19.8. The molecule has 1 saturated heterocycles. The van der Waals surface area contributed by atoms with Gasteiger partial charge < -0.3 is 24.8 Å². The van der Waals surface area contributed by atoms with Crippen LogP contribution in [0.25, 0.3) is 21.9 Å². The summed E-state index contributed by atoms with van der Waals surface area (Å²) in [5, 5.41) is 27.6. The van der Waals surface area contributed by atoms with Gasteiger partial charge in [-0.25, -0.2) is 15.0 Å². The number of aromatic nitrogens is 4. The van der Waals surface area contributed by atoms with Crippen LogP contribution < -0.4 is 5.32 Å². The number of benzene rings is 2. The van der Waals surface area contributed by atoms with Gasteiger partial charge in [0.2, 0.25) is 0 Å². The Kier molecular flexibility index (Phi) is 6.71. The van der Waals surface area contributed by atoms with Gasteiger partial charge in [-0.15, -0.1) is 0 Å². The van der Waals surface area contributed by atoms with Crippen molar-refractivity contribution in [2.45, 2.75) is 50.8 Å². The monoisotopic (exact) mass is 529 g/mol. The van der Waals surface area contributed by atoms with Crippen molar-refractivity contribution in [3.63, 3.8) is 0 Å². The molecule has 2 aromatic carbocycles. The molecule has 0 saturated carbocycles. The molecule has 4 atom stereocenters. The molecule has 0 aliphatic carbocycles. The third-order valence-electron chi connectivity index (χ3n) is 7.18. The molecule has 9 heteroatoms. The molecule has 1 aliphatic rings. The Bertz CT molecular complexity index is 1590. The molecular formula is C29H28ClN5O3. The molecule has 3 aromatic heterocycles. The Balaban J connectivity index is 1.13. The Hall–Kier alpha value is -3.56. The average molecular weight is 530 g/mol. The van der Waals surface area contributed by atoms with Crippen molar-refractivity contribution in [2.75, 3.05) is 5.32 Å². The lowest BCUT2D eigenvalue weighted by Gasteiger charge is -2.17. The van der Waals surface area contributed by atoms with Gasteiger partial charge in [-0.3, -0.25) is 0 Å². The van der Waals surface area contributed by atoms with Gasteiger partial charge in [-0.2, -0.15) is 0 Å². The number of fused-ring (bicyclic) bond motifs is 2. The van der Waals surface area contributed by atoms with Gasteiger partial charge in [0.05, 0.1) is 17.3 Å². The quantitative estimate of drug-likeness (QED) is 0.278. The van der Waals surface area contributed by atoms with E-state index in [1.54, 1.807) is 4.57 Å². The van der Waals surface area contributed by atoms with Crippen molar-refractivity contribution < 1.29 is 14.9 Å². The zero-order valence-electron chi connectivity index (χ0n) is 20.8. The van der Waals surface area contributed by atoms with Gasteiger partial charge in [0, 0.05) is 28.5 Å². The molecule has 0 amide bonds. The highest BCUT2D eigenvalue weighted by molar-refractivity contribution is 6.30. The third-order valence-corrected chi connectivity index (χ3v) is 7.43. The van der Waals surface area contributed by atoms with Crippen LogP contribution in [-0.2, 0) is 17.7 Å². The molecule has 5 aromatic rings. The number of aliphatic hydroxyl groups excluding tert-OH is 2. The first-order valence-electron chi connectivity index (χ1n) is 12.6. The summed E-state index contributed by atoms with van der Waals surface area (Å²) in [6.45, 7) is 2.56. The summed E-state index contributed by atoms with van der Waals surface area (Å²) < 4.78 is 7.93. The normalized spacial score (nSPS) is 21.4. The van der Waals surface area contributed by atoms with Gasteiger partial charge in [0.15, 0.2) is 6.23 Å². The summed E-state index contributed by atoms with van der Waals surface area (Å²) in [5.41, 5.74) is 4.63. The number of hydrogen-bond donors (Lipinski definition) is 3. The maximum Gasteiger partial charge on any atom is 0.164 e. The minimum atomic E-state index is -1.06. The van der Waals surface area contributed by atoms with Gasteiger partial charge >= 0.3 is 0 Å². The third kappa shape index (κ3) is 4.83. The summed E-state index contributed by atoms with van der Waals surface area (Å²) in [7, 11) is 0. The molecule has 38 heavy (non-hydrogen) atoms. The van der Waals surface area contributed by atoms with Crippen LogP contribution >= 0.6 is 11.6 Å². The first kappa shape index (κ1) is 24.8. The van der Waals surface area contributed by atoms with Crippen molar-refractivity contribution in [3.8, 4) is 0 Å². The van der Waals surface area contributed by atoms with Gasteiger partial charge in [0.1, 0.15) is 30.0 Å². The number of nitrogens with one attached hydrogen (secondary N) is 1. The molecule has 6 rings (SSSR count). The first-order chi connectivity index (χ1) is 18.5. The largest absolute Gasteiger partial charge is 0.388 e. The van der Waals surface area contributed by atoms with Crippen LogP contribution in [-0.4, -0.2) is 48.0 Å². The van der Waals surface area contributed by atoms with E-state index in [1.165, 1.54) is 6.33 Å². The van der Waals surface area contributed by atoms with E-state index in [9.17, 15) is 10.2 Å². The molecule has 4 heterocycles. The lowest BCUT2D eigenvalue weighted by atomic mass is 10.0. The lowest BCUT2D eigenvalue weighted by molar-refractivity contribution is -0.0364. The molecule has 0 spiro atoms. The Morgan fingerprint density at radius 2 is 1.76 bits per heavy atom. The number of ether oxygens (including phenoxy) is 1. The van der Waals surface area contributed by atoms with Crippen LogP contribution in [0.5, 0.6) is 0 Å². The summed E-state index contributed by atoms with van der Waals surface area (Å²) in [6.07, 6.45) is 1.28. The van der Waals surface area contributed by atoms with Gasteiger partial charge in [0.25, 0.3) is 0 Å². The average Bonchev–Trinajstić information content (AvgIpc) is 3.48. The smallest absolute Gasteiger partial charge is 0.164 e. The predicted octanol–water partition coefficient (Wildman–Crippen LogP) is 4.81. The Labute approximate surface area is 224 Å². The molecule has 8 nitrogen and oxygen atoms in total. The molecule has 0 unspecified atom stereocenters. The number of hydrogen-bond acceptors (Lipinski definition) is 7. The van der Waals surface area contributed by atoms with Crippen LogP contribution in [0.2, 0.25) is 5.02 Å². The van der Waals surface area contributed by atoms with Crippen LogP contribution in [0.4, 0.5) is 5.82 Å². The van der Waals surface area contributed by atoms with Gasteiger partial charge in [-0.1, -0.05) is 35.9 Å². The zero-order valence-corrected chi connectivity index (χ0v) is 21.6. The number of rotatable bonds is 7. The van der Waals surface area contributed by atoms with Crippen molar-refractivity contribution in [1.82, 2.24) is 19.5 Å². The highest BCUT2D eigenvalue weighted by Crippen LogP contribution is 2.34. The lowest BCUT2D eigenvalue weighted by Crippen LogP contribution is -2.31. The van der Waals surface area contributed by atoms with E-state index in [-0.39, 0.29) is 0 Å². The van der Waals surface area contributed by atoms with E-state index in [0.29, 0.717) is 30.1 Å². The van der Waals surface area contributed by atoms with Crippen molar-refractivity contribution in [2.24, 2.45) is 0 Å². The fourth-order valence-electron chi connectivity index (χ4n) is 5.02. The van der Waals surface area contributed by atoms with E-state index < -0.39 is 24.5 Å². The van der Waals surface area contributed by atoms with Crippen LogP contribution in [0.1, 0.15) is 29.5 Å². The van der Waals surface area contributed by atoms with Crippen molar-refractivity contribution >= 4 is 39.4 Å². The van der Waals surface area contributed by atoms with Crippen molar-refractivity contribution in [3.05, 3.63) is 95.0 Å². The second-order valence-corrected chi connectivity index (χ2v) is 10.1. The summed E-state index contributed by atoms with van der Waals surface area (Å²) >= 11 is 5.98. The first-order valence-corrected chi connectivity index (χ1v) is 13.0. The predicted molar refractivity (Wildman–Crippen MR) is 147 cm³/mol. The molecular weight excluding hydrogens is 502 g/mol. The fourth-order valence-corrected chi connectivity index (χ4v) is 5.15. The van der Waals surface area contributed by atoms with E-state index in [4.69, 9.17) is 21.3 Å². The van der Waals surface area contributed by atoms with Crippen molar-refractivity contribution in [1.29, 1.82) is 0 Å². The Morgan fingerprint density at radius 3 is 2.61 bits per heavy atom. The molecule has 0 bridgehead atoms. The fraction of sp³-hybridized carbons (Fsp3) is 0.276. The van der Waals surface area contributed by atoms with E-state index in [0.717, 1.165) is 38.9 Å². The summed E-state index contributed by atoms with van der Waals surface area (Å²) in [5.74, 6) is 0.795. The highest BCUT2D eigenvalue weighted by Gasteiger charge is 2.43. The van der Waals surface area contributed by atoms with E-state index in [2.05, 4.69) is 33.5 Å². The highest BCUT2D eigenvalue weighted by atomic mass is 35.5. The number of aliphatic hydroxyl groups is 2. The topological polar surface area (TPSA) is 105 Å². The number of halogens is 1. The number of nitrogens with zero attached hydrogens (tertiary/aromatic N) is 4. The SMILES string of the molecule is Cc1ncnc2c1ccn2[C@@H]1O[C@H](CCc2ccc3ccc(NCc4ccc(Cl)cc4)nc3c2)[C@@H](O)[C@H]1O. The maximum atomic E-state index is 10.8. The molecule has 1 aliphatic heterocycles. The number of pyridine rings is 1. The Morgan fingerprint density at radius 1 is 0.974 bits per heavy atom. The minimum absolute atomic E-state index is 0.508. The summed E-state index contributed by atoms with van der Waals surface area (Å²) in [4.78, 5) is 13.4. The second-order valence-electron chi connectivity index (χ2n) is 9.71. The maximum absolute atomic E-state index is 10.8. The molecule has 0 radical (unpaired) electrons. The number of anilines is 1. The van der Waals surface area contributed by atoms with Crippen LogP contribution in [0.15, 0.2) is 73.2 Å². The van der Waals surface area contributed by atoms with E-state index >= 15 is 0 Å². The molecule has 3 N–H and O–H groups in total. The second kappa shape index (κ2) is 10.3. The van der Waals surface area contributed by atoms with Crippen LogP contribution in [0.3, 0.4) is 0 Å². The molecule has 194 valence electrons. The van der Waals surface area contributed by atoms with Gasteiger partial charge in [-0.05, 0) is 67.3 Å².